The number of allylic oxidation sites excluding steroid dienone is 3. The molecule has 55 heavy (non-hydrogen) atoms. The van der Waals surface area contributed by atoms with Gasteiger partial charge in [-0.3, -0.25) is 4.99 Å². The lowest BCUT2D eigenvalue weighted by atomic mass is 9.85. The molecule has 0 saturated carbocycles. The first kappa shape index (κ1) is 30.9. The first-order valence-electron chi connectivity index (χ1n) is 18.9. The number of fused-ring (bicyclic) bond motifs is 11. The van der Waals surface area contributed by atoms with E-state index in [2.05, 4.69) is 186 Å². The van der Waals surface area contributed by atoms with Gasteiger partial charge in [0.1, 0.15) is 11.7 Å². The van der Waals surface area contributed by atoms with Gasteiger partial charge in [0.25, 0.3) is 0 Å². The number of nitrogens with zero attached hydrogens (tertiary/aromatic N) is 2. The summed E-state index contributed by atoms with van der Waals surface area (Å²) in [5, 5.41) is 6.29. The van der Waals surface area contributed by atoms with Crippen molar-refractivity contribution in [2.24, 2.45) is 4.99 Å². The van der Waals surface area contributed by atoms with E-state index >= 15 is 0 Å². The van der Waals surface area contributed by atoms with Gasteiger partial charge in [0, 0.05) is 60.6 Å². The quantitative estimate of drug-likeness (QED) is 0.196. The Morgan fingerprint density at radius 3 is 2.20 bits per heavy atom. The fourth-order valence-corrected chi connectivity index (χ4v) is 10.7. The SMILES string of the molecule is C1=C2c3ccccc3SC2C2C(=C1)N(c1cccc3c1oc1cccc(C4N=C(c5ccc(-c6ccccc6)cc5)c5ccccc5N4)c13)c1ccccc12. The number of benzene rings is 7. The second-order valence-corrected chi connectivity index (χ2v) is 15.8. The van der Waals surface area contributed by atoms with Crippen molar-refractivity contribution in [1.82, 2.24) is 0 Å². The number of hydrogen-bond acceptors (Lipinski definition) is 5. The molecule has 260 valence electrons. The highest BCUT2D eigenvalue weighted by molar-refractivity contribution is 8.01. The fourth-order valence-electron chi connectivity index (χ4n) is 9.21. The summed E-state index contributed by atoms with van der Waals surface area (Å²) < 4.78 is 6.93. The second kappa shape index (κ2) is 12.0. The van der Waals surface area contributed by atoms with Gasteiger partial charge >= 0.3 is 0 Å². The molecule has 4 heterocycles. The van der Waals surface area contributed by atoms with Gasteiger partial charge in [-0.25, -0.2) is 0 Å². The number of anilines is 3. The molecule has 3 unspecified atom stereocenters. The van der Waals surface area contributed by atoms with Gasteiger partial charge in [-0.1, -0.05) is 140 Å². The van der Waals surface area contributed by atoms with Crippen molar-refractivity contribution < 1.29 is 4.42 Å². The van der Waals surface area contributed by atoms with Gasteiger partial charge in [-0.15, -0.1) is 11.8 Å². The van der Waals surface area contributed by atoms with Crippen LogP contribution in [-0.2, 0) is 0 Å². The molecule has 8 aromatic rings. The van der Waals surface area contributed by atoms with Crippen LogP contribution in [0.15, 0.2) is 196 Å². The lowest BCUT2D eigenvalue weighted by Gasteiger charge is -2.29. The topological polar surface area (TPSA) is 40.8 Å². The number of para-hydroxylation sites is 3. The molecule has 1 N–H and O–H groups in total. The van der Waals surface area contributed by atoms with Crippen LogP contribution in [0.1, 0.15) is 39.9 Å². The third-order valence-electron chi connectivity index (χ3n) is 11.7. The van der Waals surface area contributed by atoms with E-state index < -0.39 is 0 Å². The summed E-state index contributed by atoms with van der Waals surface area (Å²) >= 11 is 2.00. The van der Waals surface area contributed by atoms with E-state index in [-0.39, 0.29) is 12.1 Å². The summed E-state index contributed by atoms with van der Waals surface area (Å²) in [6.07, 6.45) is 4.38. The summed E-state index contributed by atoms with van der Waals surface area (Å²) in [5.41, 5.74) is 17.2. The number of thioether (sulfide) groups is 1. The summed E-state index contributed by atoms with van der Waals surface area (Å²) in [4.78, 5) is 9.29. The van der Waals surface area contributed by atoms with Crippen LogP contribution in [0.25, 0.3) is 38.6 Å². The highest BCUT2D eigenvalue weighted by Gasteiger charge is 2.46. The van der Waals surface area contributed by atoms with Crippen LogP contribution in [0.2, 0.25) is 0 Å². The number of furan rings is 1. The summed E-state index contributed by atoms with van der Waals surface area (Å²) in [5.74, 6) is 0.241. The third kappa shape index (κ3) is 4.63. The molecule has 12 rings (SSSR count). The van der Waals surface area contributed by atoms with Gasteiger partial charge in [0.05, 0.1) is 11.4 Å². The van der Waals surface area contributed by atoms with Crippen LogP contribution in [0.3, 0.4) is 0 Å². The predicted molar refractivity (Wildman–Crippen MR) is 228 cm³/mol. The van der Waals surface area contributed by atoms with Crippen molar-refractivity contribution in [3.63, 3.8) is 0 Å². The van der Waals surface area contributed by atoms with Crippen LogP contribution >= 0.6 is 11.8 Å². The van der Waals surface area contributed by atoms with E-state index in [9.17, 15) is 0 Å². The Labute approximate surface area is 323 Å². The van der Waals surface area contributed by atoms with E-state index in [1.54, 1.807) is 0 Å². The highest BCUT2D eigenvalue weighted by Crippen LogP contribution is 2.61. The summed E-state index contributed by atoms with van der Waals surface area (Å²) in [6.45, 7) is 0. The van der Waals surface area contributed by atoms with Crippen LogP contribution in [-0.4, -0.2) is 11.0 Å². The predicted octanol–water partition coefficient (Wildman–Crippen LogP) is 12.9. The highest BCUT2D eigenvalue weighted by atomic mass is 32.2. The summed E-state index contributed by atoms with van der Waals surface area (Å²) in [6, 6.07) is 58.5. The Hall–Kier alpha value is -6.56. The van der Waals surface area contributed by atoms with Crippen molar-refractivity contribution in [3.8, 4) is 11.1 Å². The molecule has 7 aromatic carbocycles. The minimum atomic E-state index is -0.311. The standard InChI is InChI=1S/C50H33N3OS/c1-2-12-30(13-3-1)31-24-26-32(27-25-31)47-35-15-4-7-19-39(35)51-50(52-47)38-18-11-22-43-45(38)37-17-10-21-42(48(37)54-43)53-40-20-8-5-16-36(40)46-41(53)29-28-34-33-14-6-9-23-44(33)55-49(34)46/h1-29,46,49-51H. The molecule has 0 bridgehead atoms. The number of hydrogen-bond donors (Lipinski definition) is 1. The molecular weight excluding hydrogens is 691 g/mol. The van der Waals surface area contributed by atoms with Gasteiger partial charge in [-0.2, -0.15) is 0 Å². The molecule has 3 aliphatic heterocycles. The molecule has 3 atom stereocenters. The maximum atomic E-state index is 6.93. The monoisotopic (exact) mass is 723 g/mol. The van der Waals surface area contributed by atoms with Crippen molar-refractivity contribution in [1.29, 1.82) is 0 Å². The molecule has 0 saturated heterocycles. The molecule has 0 spiro atoms. The minimum Gasteiger partial charge on any atom is -0.454 e. The lowest BCUT2D eigenvalue weighted by Crippen LogP contribution is -2.22. The average molecular weight is 724 g/mol. The molecule has 0 amide bonds. The van der Waals surface area contributed by atoms with Crippen LogP contribution < -0.4 is 10.2 Å². The minimum absolute atomic E-state index is 0.241. The lowest BCUT2D eigenvalue weighted by molar-refractivity contribution is 0.667. The second-order valence-electron chi connectivity index (χ2n) is 14.6. The zero-order valence-electron chi connectivity index (χ0n) is 29.7. The Balaban J connectivity index is 0.989. The van der Waals surface area contributed by atoms with Gasteiger partial charge < -0.3 is 14.6 Å². The molecule has 0 fully saturated rings. The maximum absolute atomic E-state index is 6.93. The number of aliphatic imine (C=N–C) groups is 1. The van der Waals surface area contributed by atoms with Crippen LogP contribution in [0.4, 0.5) is 17.1 Å². The summed E-state index contributed by atoms with van der Waals surface area (Å²) in [7, 11) is 0. The Morgan fingerprint density at radius 1 is 0.582 bits per heavy atom. The Kier molecular flexibility index (Phi) is 6.72. The zero-order valence-corrected chi connectivity index (χ0v) is 30.5. The maximum Gasteiger partial charge on any atom is 0.159 e. The first-order chi connectivity index (χ1) is 27.3. The van der Waals surface area contributed by atoms with E-state index in [1.165, 1.54) is 44.1 Å². The van der Waals surface area contributed by atoms with E-state index in [0.29, 0.717) is 5.25 Å². The largest absolute Gasteiger partial charge is 0.454 e. The Bertz CT molecular complexity index is 2960. The first-order valence-corrected chi connectivity index (χ1v) is 19.8. The van der Waals surface area contributed by atoms with Crippen molar-refractivity contribution in [3.05, 3.63) is 209 Å². The molecule has 1 aliphatic carbocycles. The molecular formula is C50H33N3OS. The van der Waals surface area contributed by atoms with Crippen molar-refractivity contribution in [2.75, 3.05) is 10.2 Å². The fraction of sp³-hybridized carbons (Fsp3) is 0.0600. The average Bonchev–Trinajstić information content (AvgIpc) is 3.93. The number of nitrogens with one attached hydrogen (secondary N) is 1. The van der Waals surface area contributed by atoms with E-state index in [0.717, 1.165) is 55.7 Å². The van der Waals surface area contributed by atoms with Gasteiger partial charge in [0.2, 0.25) is 0 Å². The molecule has 4 nitrogen and oxygen atoms in total. The normalized spacial score (nSPS) is 19.1. The van der Waals surface area contributed by atoms with Gasteiger partial charge in [-0.05, 0) is 64.2 Å². The van der Waals surface area contributed by atoms with Crippen LogP contribution in [0, 0.1) is 0 Å². The third-order valence-corrected chi connectivity index (χ3v) is 13.0. The van der Waals surface area contributed by atoms with E-state index in [4.69, 9.17) is 9.41 Å². The van der Waals surface area contributed by atoms with Crippen molar-refractivity contribution in [2.45, 2.75) is 22.2 Å². The molecule has 1 aromatic heterocycles. The smallest absolute Gasteiger partial charge is 0.159 e. The molecule has 0 radical (unpaired) electrons. The molecule has 5 heteroatoms. The number of rotatable bonds is 4. The van der Waals surface area contributed by atoms with Crippen LogP contribution in [0.5, 0.6) is 0 Å². The van der Waals surface area contributed by atoms with Gasteiger partial charge in [0.15, 0.2) is 5.58 Å². The molecule has 4 aliphatic rings. The zero-order chi connectivity index (χ0) is 36.0. The Morgan fingerprint density at radius 2 is 1.29 bits per heavy atom. The van der Waals surface area contributed by atoms with Crippen molar-refractivity contribution >= 4 is 62.0 Å². The van der Waals surface area contributed by atoms with E-state index in [1.807, 2.05) is 11.8 Å².